The van der Waals surface area contributed by atoms with Crippen LogP contribution in [0, 0.1) is 19.8 Å². The van der Waals surface area contributed by atoms with E-state index in [1.165, 1.54) is 23.4 Å². The van der Waals surface area contributed by atoms with Crippen LogP contribution in [0.15, 0.2) is 24.4 Å². The van der Waals surface area contributed by atoms with E-state index in [9.17, 15) is 13.6 Å². The van der Waals surface area contributed by atoms with E-state index in [1.54, 1.807) is 6.07 Å². The fraction of sp³-hybridized carbons (Fsp3) is 0.450. The van der Waals surface area contributed by atoms with Crippen molar-refractivity contribution in [3.05, 3.63) is 52.6 Å². The first-order valence-electron chi connectivity index (χ1n) is 9.13. The Bertz CT molecular complexity index is 880. The Hall–Kier alpha value is -2.57. The molecule has 5 nitrogen and oxygen atoms in total. The van der Waals surface area contributed by atoms with Gasteiger partial charge >= 0.3 is 0 Å². The number of rotatable bonds is 4. The number of fused-ring (bicyclic) bond motifs is 1. The van der Waals surface area contributed by atoms with Crippen LogP contribution in [0.4, 0.5) is 14.5 Å². The summed E-state index contributed by atoms with van der Waals surface area (Å²) < 4.78 is 25.6. The molecule has 2 aliphatic heterocycles. The molecular weight excluding hydrogens is 350 g/mol. The molecule has 0 atom stereocenters. The Labute approximate surface area is 157 Å². The second-order valence-corrected chi connectivity index (χ2v) is 7.47. The third kappa shape index (κ3) is 3.50. The van der Waals surface area contributed by atoms with E-state index >= 15 is 0 Å². The Morgan fingerprint density at radius 2 is 2.04 bits per heavy atom. The van der Waals surface area contributed by atoms with Gasteiger partial charge < -0.3 is 9.80 Å². The molecule has 27 heavy (non-hydrogen) atoms. The van der Waals surface area contributed by atoms with Crippen LogP contribution in [0.25, 0.3) is 0 Å². The summed E-state index contributed by atoms with van der Waals surface area (Å²) >= 11 is 0. The molecule has 1 saturated heterocycles. The number of alkyl halides is 2. The molecule has 0 unspecified atom stereocenters. The minimum atomic E-state index is -2.57. The van der Waals surface area contributed by atoms with Gasteiger partial charge in [0, 0.05) is 49.6 Å². The highest BCUT2D eigenvalue weighted by Crippen LogP contribution is 2.31. The number of carbonyl (C=O) groups excluding carboxylic acids is 1. The smallest absolute Gasteiger partial charge is 0.280 e. The van der Waals surface area contributed by atoms with Crippen molar-refractivity contribution < 1.29 is 13.6 Å². The number of aromatic nitrogens is 2. The zero-order chi connectivity index (χ0) is 19.1. The van der Waals surface area contributed by atoms with Crippen molar-refractivity contribution >= 4 is 11.6 Å². The van der Waals surface area contributed by atoms with Crippen molar-refractivity contribution in [3.8, 4) is 0 Å². The largest absolute Gasteiger partial charge is 0.371 e. The van der Waals surface area contributed by atoms with Gasteiger partial charge in [-0.2, -0.15) is 0 Å². The number of pyridine rings is 2. The van der Waals surface area contributed by atoms with Gasteiger partial charge in [0.05, 0.1) is 12.2 Å². The van der Waals surface area contributed by atoms with Crippen LogP contribution in [0.2, 0.25) is 0 Å². The summed E-state index contributed by atoms with van der Waals surface area (Å²) in [5.41, 5.74) is 4.88. The highest BCUT2D eigenvalue weighted by atomic mass is 19.3. The molecule has 0 radical (unpaired) electrons. The van der Waals surface area contributed by atoms with Gasteiger partial charge in [-0.25, -0.2) is 8.78 Å². The highest BCUT2D eigenvalue weighted by molar-refractivity contribution is 5.77. The van der Waals surface area contributed by atoms with Crippen LogP contribution < -0.4 is 4.90 Å². The van der Waals surface area contributed by atoms with Crippen LogP contribution in [0.5, 0.6) is 0 Å². The van der Waals surface area contributed by atoms with Gasteiger partial charge in [0.15, 0.2) is 0 Å². The maximum Gasteiger partial charge on any atom is 0.280 e. The second-order valence-electron chi connectivity index (χ2n) is 7.47. The first-order valence-corrected chi connectivity index (χ1v) is 9.13. The quantitative estimate of drug-likeness (QED) is 0.825. The monoisotopic (exact) mass is 372 g/mol. The van der Waals surface area contributed by atoms with E-state index in [4.69, 9.17) is 0 Å². The molecule has 0 spiro atoms. The van der Waals surface area contributed by atoms with E-state index in [-0.39, 0.29) is 17.5 Å². The van der Waals surface area contributed by atoms with Gasteiger partial charge in [-0.05, 0) is 43.2 Å². The Morgan fingerprint density at radius 1 is 1.26 bits per heavy atom. The highest BCUT2D eigenvalue weighted by Gasteiger charge is 2.33. The molecule has 4 heterocycles. The molecule has 7 heteroatoms. The molecule has 0 bridgehead atoms. The molecule has 4 rings (SSSR count). The van der Waals surface area contributed by atoms with Crippen molar-refractivity contribution in [1.29, 1.82) is 0 Å². The van der Waals surface area contributed by atoms with Crippen molar-refractivity contribution in [2.24, 2.45) is 5.92 Å². The number of halogens is 2. The Kier molecular flexibility index (Phi) is 4.53. The average molecular weight is 372 g/mol. The Morgan fingerprint density at radius 3 is 2.78 bits per heavy atom. The van der Waals surface area contributed by atoms with Crippen molar-refractivity contribution in [2.75, 3.05) is 18.0 Å². The third-order valence-corrected chi connectivity index (χ3v) is 5.38. The molecule has 1 amide bonds. The van der Waals surface area contributed by atoms with Crippen LogP contribution in [-0.4, -0.2) is 33.9 Å². The summed E-state index contributed by atoms with van der Waals surface area (Å²) in [6.45, 7) is 6.65. The maximum absolute atomic E-state index is 12.8. The minimum Gasteiger partial charge on any atom is -0.371 e. The first kappa shape index (κ1) is 17.8. The molecule has 0 aliphatic carbocycles. The number of carbonyl (C=O) groups is 1. The average Bonchev–Trinajstić information content (AvgIpc) is 3.02. The Balaban J connectivity index is 1.32. The number of aryl methyl sites for hydroxylation is 2. The molecular formula is C20H22F2N4O. The lowest BCUT2D eigenvalue weighted by Gasteiger charge is -2.41. The van der Waals surface area contributed by atoms with Crippen LogP contribution >= 0.6 is 0 Å². The lowest BCUT2D eigenvalue weighted by atomic mass is 9.95. The minimum absolute atomic E-state index is 0.137. The zero-order valence-electron chi connectivity index (χ0n) is 15.5. The standard InChI is InChI=1S/C20H22F2N4O/c1-12-5-13(2)24-18-11-26(10-16(12)18)19(27)6-14-8-25(9-14)15-3-4-23-17(7-15)20(21)22/h3-5,7,14,20H,6,8-11H2,1-2H3. The normalized spacial score (nSPS) is 16.6. The van der Waals surface area contributed by atoms with E-state index in [0.717, 1.165) is 17.1 Å². The van der Waals surface area contributed by atoms with E-state index < -0.39 is 6.43 Å². The SMILES string of the molecule is Cc1cc(C)c2c(n1)CN(C(=O)CC1CN(c3ccnc(C(F)F)c3)C1)C2. The van der Waals surface area contributed by atoms with E-state index in [2.05, 4.69) is 23.0 Å². The van der Waals surface area contributed by atoms with Gasteiger partial charge in [-0.15, -0.1) is 0 Å². The fourth-order valence-corrected chi connectivity index (χ4v) is 3.93. The lowest BCUT2D eigenvalue weighted by molar-refractivity contribution is -0.133. The number of nitrogens with zero attached hydrogens (tertiary/aromatic N) is 4. The lowest BCUT2D eigenvalue weighted by Crippen LogP contribution is -2.48. The summed E-state index contributed by atoms with van der Waals surface area (Å²) in [6.07, 6.45) is -0.676. The summed E-state index contributed by atoms with van der Waals surface area (Å²) in [6, 6.07) is 5.22. The second kappa shape index (κ2) is 6.87. The molecule has 0 aromatic carbocycles. The maximum atomic E-state index is 12.8. The first-order chi connectivity index (χ1) is 12.9. The van der Waals surface area contributed by atoms with Crippen LogP contribution in [0.3, 0.4) is 0 Å². The van der Waals surface area contributed by atoms with E-state index in [0.29, 0.717) is 32.6 Å². The summed E-state index contributed by atoms with van der Waals surface area (Å²) in [7, 11) is 0. The molecule has 0 N–H and O–H groups in total. The number of amides is 1. The summed E-state index contributed by atoms with van der Waals surface area (Å²) in [5.74, 6) is 0.387. The predicted molar refractivity (Wildman–Crippen MR) is 97.5 cm³/mol. The van der Waals surface area contributed by atoms with Gasteiger partial charge in [0.2, 0.25) is 5.91 Å². The summed E-state index contributed by atoms with van der Waals surface area (Å²) in [4.78, 5) is 24.8. The van der Waals surface area contributed by atoms with Gasteiger partial charge in [0.1, 0.15) is 5.69 Å². The van der Waals surface area contributed by atoms with Crippen molar-refractivity contribution in [2.45, 2.75) is 39.8 Å². The van der Waals surface area contributed by atoms with Gasteiger partial charge in [-0.1, -0.05) is 0 Å². The molecule has 2 aromatic heterocycles. The topological polar surface area (TPSA) is 49.3 Å². The zero-order valence-corrected chi connectivity index (χ0v) is 15.5. The summed E-state index contributed by atoms with van der Waals surface area (Å²) in [5, 5.41) is 0. The van der Waals surface area contributed by atoms with Crippen LogP contribution in [0.1, 0.15) is 41.1 Å². The predicted octanol–water partition coefficient (Wildman–Crippen LogP) is 3.40. The molecule has 2 aromatic rings. The molecule has 1 fully saturated rings. The number of hydrogen-bond donors (Lipinski definition) is 0. The van der Waals surface area contributed by atoms with Crippen molar-refractivity contribution in [3.63, 3.8) is 0 Å². The number of hydrogen-bond acceptors (Lipinski definition) is 4. The van der Waals surface area contributed by atoms with Crippen molar-refractivity contribution in [1.82, 2.24) is 14.9 Å². The van der Waals surface area contributed by atoms with Gasteiger partial charge in [0.25, 0.3) is 6.43 Å². The third-order valence-electron chi connectivity index (χ3n) is 5.38. The fourth-order valence-electron chi connectivity index (χ4n) is 3.93. The molecule has 0 saturated carbocycles. The molecule has 2 aliphatic rings. The number of anilines is 1. The van der Waals surface area contributed by atoms with Crippen LogP contribution in [-0.2, 0) is 17.9 Å². The van der Waals surface area contributed by atoms with E-state index in [1.807, 2.05) is 16.7 Å². The van der Waals surface area contributed by atoms with Gasteiger partial charge in [-0.3, -0.25) is 14.8 Å². The molecule has 142 valence electrons.